The molecule has 1 fully saturated rings. The molecule has 2 aromatic carbocycles. The molecular formula is C29H30N8O3. The van der Waals surface area contributed by atoms with Gasteiger partial charge in [0.1, 0.15) is 5.82 Å². The van der Waals surface area contributed by atoms with Crippen LogP contribution >= 0.6 is 0 Å². The van der Waals surface area contributed by atoms with E-state index in [0.717, 1.165) is 30.0 Å². The molecule has 0 bridgehead atoms. The number of aryl methyl sites for hydroxylation is 1. The van der Waals surface area contributed by atoms with E-state index in [1.165, 1.54) is 0 Å². The van der Waals surface area contributed by atoms with Crippen LogP contribution in [-0.4, -0.2) is 58.2 Å². The van der Waals surface area contributed by atoms with Crippen LogP contribution in [-0.2, 0) is 17.7 Å². The number of ether oxygens (including phenoxy) is 1. The van der Waals surface area contributed by atoms with Crippen LogP contribution in [0.3, 0.4) is 0 Å². The van der Waals surface area contributed by atoms with Crippen molar-refractivity contribution in [2.24, 2.45) is 0 Å². The van der Waals surface area contributed by atoms with Crippen molar-refractivity contribution in [1.29, 1.82) is 0 Å². The molecule has 0 atom stereocenters. The molecule has 1 saturated heterocycles. The molecule has 3 amide bonds. The number of hydrogen-bond acceptors (Lipinski definition) is 8. The number of nitrogens with one attached hydrogen (secondary N) is 3. The van der Waals surface area contributed by atoms with Crippen LogP contribution in [0.2, 0.25) is 0 Å². The Bertz CT molecular complexity index is 1440. The summed E-state index contributed by atoms with van der Waals surface area (Å²) in [5, 5.41) is 8.47. The standard InChI is InChI=1S/C29H30N8O3/c1-2-25-34-26(36-28(35-25)37-15-17-40-18-16-37)21-3-7-23(8-4-21)32-29(39)33-24-9-5-22(6-10-24)27(38)31-19-20-11-13-30-14-12-20/h3-14H,2,15-19H2,1H3,(H,31,38)(H2,32,33,39). The van der Waals surface area contributed by atoms with Crippen molar-refractivity contribution in [3.8, 4) is 11.4 Å². The van der Waals surface area contributed by atoms with Crippen molar-refractivity contribution in [3.05, 3.63) is 90.0 Å². The molecule has 204 valence electrons. The van der Waals surface area contributed by atoms with E-state index in [0.29, 0.717) is 54.9 Å². The third-order valence-electron chi connectivity index (χ3n) is 6.29. The van der Waals surface area contributed by atoms with Gasteiger partial charge in [0.05, 0.1) is 13.2 Å². The minimum atomic E-state index is -0.398. The normalized spacial score (nSPS) is 13.0. The zero-order valence-corrected chi connectivity index (χ0v) is 22.1. The Morgan fingerprint density at radius 1 is 0.850 bits per heavy atom. The van der Waals surface area contributed by atoms with Crippen LogP contribution in [0.25, 0.3) is 11.4 Å². The van der Waals surface area contributed by atoms with Crippen molar-refractivity contribution in [2.45, 2.75) is 19.9 Å². The first-order valence-corrected chi connectivity index (χ1v) is 13.1. The maximum absolute atomic E-state index is 12.6. The monoisotopic (exact) mass is 538 g/mol. The van der Waals surface area contributed by atoms with E-state index in [-0.39, 0.29) is 5.91 Å². The lowest BCUT2D eigenvalue weighted by Crippen LogP contribution is -2.37. The second-order valence-corrected chi connectivity index (χ2v) is 9.10. The van der Waals surface area contributed by atoms with E-state index >= 15 is 0 Å². The van der Waals surface area contributed by atoms with Crippen molar-refractivity contribution in [3.63, 3.8) is 0 Å². The zero-order chi connectivity index (χ0) is 27.7. The number of carbonyl (C=O) groups excluding carboxylic acids is 2. The van der Waals surface area contributed by atoms with E-state index in [9.17, 15) is 9.59 Å². The van der Waals surface area contributed by atoms with Crippen LogP contribution in [0.1, 0.15) is 28.7 Å². The van der Waals surface area contributed by atoms with Crippen molar-refractivity contribution in [1.82, 2.24) is 25.3 Å². The fourth-order valence-electron chi connectivity index (χ4n) is 4.09. The fourth-order valence-corrected chi connectivity index (χ4v) is 4.09. The van der Waals surface area contributed by atoms with Crippen LogP contribution in [0.15, 0.2) is 73.1 Å². The molecule has 0 saturated carbocycles. The maximum atomic E-state index is 12.6. The number of rotatable bonds is 8. The molecule has 1 aliphatic heterocycles. The van der Waals surface area contributed by atoms with Gasteiger partial charge in [-0.25, -0.2) is 9.78 Å². The molecule has 11 heteroatoms. The topological polar surface area (TPSA) is 134 Å². The average Bonchev–Trinajstić information content (AvgIpc) is 3.01. The molecule has 11 nitrogen and oxygen atoms in total. The predicted molar refractivity (Wildman–Crippen MR) is 152 cm³/mol. The summed E-state index contributed by atoms with van der Waals surface area (Å²) >= 11 is 0. The van der Waals surface area contributed by atoms with E-state index < -0.39 is 6.03 Å². The van der Waals surface area contributed by atoms with Crippen LogP contribution < -0.4 is 20.9 Å². The number of carbonyl (C=O) groups is 2. The number of pyridine rings is 1. The number of hydrogen-bond donors (Lipinski definition) is 3. The van der Waals surface area contributed by atoms with Gasteiger partial charge in [-0.2, -0.15) is 9.97 Å². The number of benzene rings is 2. The Hall–Kier alpha value is -4.90. The van der Waals surface area contributed by atoms with Gasteiger partial charge in [0, 0.05) is 61.0 Å². The van der Waals surface area contributed by atoms with Crippen molar-refractivity contribution < 1.29 is 14.3 Å². The summed E-state index contributed by atoms with van der Waals surface area (Å²) in [7, 11) is 0. The van der Waals surface area contributed by atoms with E-state index in [1.807, 2.05) is 31.2 Å². The molecule has 0 radical (unpaired) electrons. The van der Waals surface area contributed by atoms with Gasteiger partial charge in [0.2, 0.25) is 5.95 Å². The maximum Gasteiger partial charge on any atom is 0.323 e. The van der Waals surface area contributed by atoms with Gasteiger partial charge in [0.25, 0.3) is 5.91 Å². The molecule has 0 aliphatic carbocycles. The van der Waals surface area contributed by atoms with E-state index in [1.54, 1.807) is 48.8 Å². The number of nitrogens with zero attached hydrogens (tertiary/aromatic N) is 5. The van der Waals surface area contributed by atoms with Crippen molar-refractivity contribution >= 4 is 29.3 Å². The van der Waals surface area contributed by atoms with Crippen LogP contribution in [0.5, 0.6) is 0 Å². The highest BCUT2D eigenvalue weighted by molar-refractivity contribution is 6.00. The third kappa shape index (κ3) is 6.94. The van der Waals surface area contributed by atoms with Gasteiger partial charge in [-0.3, -0.25) is 9.78 Å². The summed E-state index contributed by atoms with van der Waals surface area (Å²) in [5.41, 5.74) is 3.47. The Kier molecular flexibility index (Phi) is 8.52. The molecule has 3 heterocycles. The first-order valence-electron chi connectivity index (χ1n) is 13.1. The molecule has 2 aromatic heterocycles. The lowest BCUT2D eigenvalue weighted by Gasteiger charge is -2.27. The third-order valence-corrected chi connectivity index (χ3v) is 6.29. The number of anilines is 3. The second-order valence-electron chi connectivity index (χ2n) is 9.10. The first kappa shape index (κ1) is 26.7. The molecule has 4 aromatic rings. The fraction of sp³-hybridized carbons (Fsp3) is 0.241. The highest BCUT2D eigenvalue weighted by atomic mass is 16.5. The van der Waals surface area contributed by atoms with Gasteiger partial charge < -0.3 is 25.6 Å². The summed E-state index contributed by atoms with van der Waals surface area (Å²) in [6, 6.07) is 17.3. The highest BCUT2D eigenvalue weighted by Gasteiger charge is 2.17. The number of amides is 3. The molecule has 0 spiro atoms. The molecule has 1 aliphatic rings. The summed E-state index contributed by atoms with van der Waals surface area (Å²) in [6.07, 6.45) is 4.06. The molecule has 3 N–H and O–H groups in total. The molecule has 5 rings (SSSR count). The minimum absolute atomic E-state index is 0.200. The van der Waals surface area contributed by atoms with Gasteiger partial charge in [-0.1, -0.05) is 6.92 Å². The Morgan fingerprint density at radius 3 is 2.15 bits per heavy atom. The summed E-state index contributed by atoms with van der Waals surface area (Å²) in [5.74, 6) is 1.78. The Balaban J connectivity index is 1.17. The summed E-state index contributed by atoms with van der Waals surface area (Å²) in [4.78, 5) is 44.9. The van der Waals surface area contributed by atoms with Gasteiger partial charge in [0.15, 0.2) is 5.82 Å². The lowest BCUT2D eigenvalue weighted by atomic mass is 10.2. The minimum Gasteiger partial charge on any atom is -0.378 e. The second kappa shape index (κ2) is 12.8. The Morgan fingerprint density at radius 2 is 1.50 bits per heavy atom. The SMILES string of the molecule is CCc1nc(-c2ccc(NC(=O)Nc3ccc(C(=O)NCc4ccncc4)cc3)cc2)nc(N2CCOCC2)n1. The Labute approximate surface area is 232 Å². The van der Waals surface area contributed by atoms with E-state index in [2.05, 4.69) is 40.8 Å². The summed E-state index contributed by atoms with van der Waals surface area (Å²) in [6.45, 7) is 5.21. The first-order chi connectivity index (χ1) is 19.6. The van der Waals surface area contributed by atoms with Gasteiger partial charge in [-0.15, -0.1) is 0 Å². The zero-order valence-electron chi connectivity index (χ0n) is 22.1. The smallest absolute Gasteiger partial charge is 0.323 e. The van der Waals surface area contributed by atoms with Gasteiger partial charge >= 0.3 is 6.03 Å². The molecule has 40 heavy (non-hydrogen) atoms. The van der Waals surface area contributed by atoms with E-state index in [4.69, 9.17) is 4.74 Å². The number of urea groups is 1. The average molecular weight is 539 g/mol. The van der Waals surface area contributed by atoms with Gasteiger partial charge in [-0.05, 0) is 66.2 Å². The van der Waals surface area contributed by atoms with Crippen LogP contribution in [0.4, 0.5) is 22.1 Å². The quantitative estimate of drug-likeness (QED) is 0.307. The largest absolute Gasteiger partial charge is 0.378 e. The molecule has 0 unspecified atom stereocenters. The van der Waals surface area contributed by atoms with Crippen LogP contribution in [0, 0.1) is 0 Å². The lowest BCUT2D eigenvalue weighted by molar-refractivity contribution is 0.0951. The highest BCUT2D eigenvalue weighted by Crippen LogP contribution is 2.21. The molecular weight excluding hydrogens is 508 g/mol. The predicted octanol–water partition coefficient (Wildman–Crippen LogP) is 3.91. The number of morpholine rings is 1. The number of aromatic nitrogens is 4. The van der Waals surface area contributed by atoms with Crippen molar-refractivity contribution in [2.75, 3.05) is 41.8 Å². The summed E-state index contributed by atoms with van der Waals surface area (Å²) < 4.78 is 5.44.